The fourth-order valence-corrected chi connectivity index (χ4v) is 2.53. The number of nitrogens with zero attached hydrogens (tertiary/aromatic N) is 1. The molecular weight excluding hydrogens is 314 g/mol. The minimum Gasteiger partial charge on any atom is -0.378 e. The van der Waals surface area contributed by atoms with E-state index in [1.165, 1.54) is 25.3 Å². The molecule has 2 N–H and O–H groups in total. The molecule has 0 aliphatic carbocycles. The van der Waals surface area contributed by atoms with Crippen LogP contribution < -0.4 is 10.1 Å². The largest absolute Gasteiger partial charge is 0.378 e. The van der Waals surface area contributed by atoms with Gasteiger partial charge in [0.15, 0.2) is 0 Å². The number of sulfonamides is 1. The molecule has 2 aromatic rings. The van der Waals surface area contributed by atoms with Crippen molar-refractivity contribution in [3.63, 3.8) is 0 Å². The van der Waals surface area contributed by atoms with E-state index in [-0.39, 0.29) is 17.2 Å². The minimum atomic E-state index is -3.72. The monoisotopic (exact) mass is 331 g/mol. The Morgan fingerprint density at radius 3 is 2.35 bits per heavy atom. The molecule has 0 saturated carbocycles. The van der Waals surface area contributed by atoms with Crippen LogP contribution in [0.5, 0.6) is 0 Å². The predicted octanol–water partition coefficient (Wildman–Crippen LogP) is 2.00. The van der Waals surface area contributed by atoms with Crippen molar-refractivity contribution in [1.29, 1.82) is 0 Å². The van der Waals surface area contributed by atoms with Gasteiger partial charge in [-0.1, -0.05) is 30.3 Å². The summed E-state index contributed by atoms with van der Waals surface area (Å²) in [7, 11) is -3.72. The van der Waals surface area contributed by atoms with Gasteiger partial charge in [-0.3, -0.25) is 4.79 Å². The van der Waals surface area contributed by atoms with Crippen LogP contribution in [0.4, 0.5) is 5.69 Å². The molecule has 120 valence electrons. The SMILES string of the molecule is CC(=O)CNc1ccc(S(=O)(=O)N/N=C\c2ccccc2)cc1. The maximum absolute atomic E-state index is 12.1. The highest BCUT2D eigenvalue weighted by Crippen LogP contribution is 2.13. The van der Waals surface area contributed by atoms with Crippen molar-refractivity contribution in [2.75, 3.05) is 11.9 Å². The van der Waals surface area contributed by atoms with E-state index in [0.29, 0.717) is 5.69 Å². The van der Waals surface area contributed by atoms with E-state index in [1.54, 1.807) is 12.1 Å². The molecule has 0 heterocycles. The average molecular weight is 331 g/mol. The third-order valence-electron chi connectivity index (χ3n) is 2.89. The fourth-order valence-electron chi connectivity index (χ4n) is 1.74. The zero-order valence-electron chi connectivity index (χ0n) is 12.6. The summed E-state index contributed by atoms with van der Waals surface area (Å²) in [6.07, 6.45) is 1.43. The molecule has 0 aliphatic rings. The van der Waals surface area contributed by atoms with Gasteiger partial charge < -0.3 is 5.32 Å². The summed E-state index contributed by atoms with van der Waals surface area (Å²) in [5.74, 6) is -0.00128. The van der Waals surface area contributed by atoms with Gasteiger partial charge in [0.2, 0.25) is 0 Å². The van der Waals surface area contributed by atoms with E-state index < -0.39 is 10.0 Å². The summed E-state index contributed by atoms with van der Waals surface area (Å²) < 4.78 is 24.2. The van der Waals surface area contributed by atoms with Gasteiger partial charge in [-0.25, -0.2) is 4.83 Å². The number of hydrogen-bond donors (Lipinski definition) is 2. The van der Waals surface area contributed by atoms with Crippen molar-refractivity contribution in [2.45, 2.75) is 11.8 Å². The Labute approximate surface area is 135 Å². The predicted molar refractivity (Wildman–Crippen MR) is 90.0 cm³/mol. The van der Waals surface area contributed by atoms with E-state index >= 15 is 0 Å². The van der Waals surface area contributed by atoms with Crippen molar-refractivity contribution in [2.24, 2.45) is 5.10 Å². The Bertz CT molecular complexity index is 785. The zero-order valence-corrected chi connectivity index (χ0v) is 13.4. The van der Waals surface area contributed by atoms with E-state index in [9.17, 15) is 13.2 Å². The number of anilines is 1. The van der Waals surface area contributed by atoms with Crippen molar-refractivity contribution >= 4 is 27.7 Å². The molecule has 6 nitrogen and oxygen atoms in total. The van der Waals surface area contributed by atoms with Gasteiger partial charge in [0, 0.05) is 5.69 Å². The smallest absolute Gasteiger partial charge is 0.276 e. The minimum absolute atomic E-state index is 0.00128. The molecule has 0 atom stereocenters. The van der Waals surface area contributed by atoms with Gasteiger partial charge in [0.25, 0.3) is 10.0 Å². The van der Waals surface area contributed by atoms with Crippen LogP contribution >= 0.6 is 0 Å². The van der Waals surface area contributed by atoms with E-state index in [4.69, 9.17) is 0 Å². The quantitative estimate of drug-likeness (QED) is 0.600. The Hall–Kier alpha value is -2.67. The lowest BCUT2D eigenvalue weighted by atomic mass is 10.2. The number of carbonyl (C=O) groups is 1. The summed E-state index contributed by atoms with van der Waals surface area (Å²) in [5, 5.41) is 6.64. The second-order valence-electron chi connectivity index (χ2n) is 4.84. The Morgan fingerprint density at radius 2 is 1.74 bits per heavy atom. The van der Waals surface area contributed by atoms with E-state index in [1.807, 2.05) is 30.3 Å². The Morgan fingerprint density at radius 1 is 1.09 bits per heavy atom. The molecule has 0 bridgehead atoms. The van der Waals surface area contributed by atoms with Crippen molar-refractivity contribution < 1.29 is 13.2 Å². The summed E-state index contributed by atoms with van der Waals surface area (Å²) in [5.41, 5.74) is 1.46. The van der Waals surface area contributed by atoms with Crippen molar-refractivity contribution in [3.05, 3.63) is 60.2 Å². The van der Waals surface area contributed by atoms with Crippen molar-refractivity contribution in [1.82, 2.24) is 4.83 Å². The molecule has 0 radical (unpaired) electrons. The van der Waals surface area contributed by atoms with Gasteiger partial charge in [-0.05, 0) is 36.8 Å². The van der Waals surface area contributed by atoms with Gasteiger partial charge in [0.05, 0.1) is 17.7 Å². The summed E-state index contributed by atoms with van der Waals surface area (Å²) in [6, 6.07) is 15.2. The molecule has 0 fully saturated rings. The van der Waals surface area contributed by atoms with Crippen LogP contribution in [0.3, 0.4) is 0 Å². The lowest BCUT2D eigenvalue weighted by Crippen LogP contribution is -2.18. The second kappa shape index (κ2) is 7.55. The highest BCUT2D eigenvalue weighted by atomic mass is 32.2. The van der Waals surface area contributed by atoms with Gasteiger partial charge in [0.1, 0.15) is 5.78 Å². The highest BCUT2D eigenvalue weighted by molar-refractivity contribution is 7.89. The molecule has 0 spiro atoms. The number of hydrazone groups is 1. The molecule has 23 heavy (non-hydrogen) atoms. The number of ketones is 1. The summed E-state index contributed by atoms with van der Waals surface area (Å²) in [6.45, 7) is 1.67. The first-order valence-electron chi connectivity index (χ1n) is 6.91. The van der Waals surface area contributed by atoms with Gasteiger partial charge >= 0.3 is 0 Å². The van der Waals surface area contributed by atoms with Gasteiger partial charge in [-0.15, -0.1) is 0 Å². The molecule has 2 rings (SSSR count). The topological polar surface area (TPSA) is 87.6 Å². The van der Waals surface area contributed by atoms with Crippen LogP contribution in [0.2, 0.25) is 0 Å². The highest BCUT2D eigenvalue weighted by Gasteiger charge is 2.12. The average Bonchev–Trinajstić information content (AvgIpc) is 2.54. The first-order valence-corrected chi connectivity index (χ1v) is 8.39. The van der Waals surface area contributed by atoms with Crippen LogP contribution in [0.15, 0.2) is 64.6 Å². The first kappa shape index (κ1) is 16.7. The first-order chi connectivity index (χ1) is 11.0. The molecule has 0 unspecified atom stereocenters. The van der Waals surface area contributed by atoms with Crippen molar-refractivity contribution in [3.8, 4) is 0 Å². The van der Waals surface area contributed by atoms with Crippen LogP contribution in [0.25, 0.3) is 0 Å². The maximum atomic E-state index is 12.1. The Balaban J connectivity index is 2.01. The molecule has 0 aliphatic heterocycles. The van der Waals surface area contributed by atoms with E-state index in [0.717, 1.165) is 5.56 Å². The van der Waals surface area contributed by atoms with Crippen LogP contribution in [0.1, 0.15) is 12.5 Å². The second-order valence-corrected chi connectivity index (χ2v) is 6.50. The molecule has 0 amide bonds. The summed E-state index contributed by atoms with van der Waals surface area (Å²) >= 11 is 0. The maximum Gasteiger partial charge on any atom is 0.276 e. The van der Waals surface area contributed by atoms with Gasteiger partial charge in [-0.2, -0.15) is 13.5 Å². The molecule has 0 aromatic heterocycles. The standard InChI is InChI=1S/C16H17N3O3S/c1-13(20)11-17-15-7-9-16(10-8-15)23(21,22)19-18-12-14-5-3-2-4-6-14/h2-10,12,17,19H,11H2,1H3/b18-12-. The third-order valence-corrected chi connectivity index (χ3v) is 4.13. The van der Waals surface area contributed by atoms with E-state index in [2.05, 4.69) is 15.2 Å². The van der Waals surface area contributed by atoms with Crippen LogP contribution in [0, 0.1) is 0 Å². The number of carbonyl (C=O) groups excluding carboxylic acids is 1. The van der Waals surface area contributed by atoms with Crippen LogP contribution in [-0.4, -0.2) is 27.0 Å². The molecule has 0 saturated heterocycles. The lowest BCUT2D eigenvalue weighted by molar-refractivity contribution is -0.115. The normalized spacial score (nSPS) is 11.3. The molecule has 2 aromatic carbocycles. The molecule has 7 heteroatoms. The number of Topliss-reactive ketones (excluding diaryl/α,β-unsaturated/α-hetero) is 1. The summed E-state index contributed by atoms with van der Waals surface area (Å²) in [4.78, 5) is 13.1. The third kappa shape index (κ3) is 5.23. The fraction of sp³-hybridized carbons (Fsp3) is 0.125. The lowest BCUT2D eigenvalue weighted by Gasteiger charge is -2.06. The number of benzene rings is 2. The number of rotatable bonds is 7. The van der Waals surface area contributed by atoms with Crippen LogP contribution in [-0.2, 0) is 14.8 Å². The number of hydrogen-bond acceptors (Lipinski definition) is 5. The number of nitrogens with one attached hydrogen (secondary N) is 2. The molecular formula is C16H17N3O3S. The zero-order chi connectivity index (χ0) is 16.7. The Kier molecular flexibility index (Phi) is 5.48.